The van der Waals surface area contributed by atoms with Gasteiger partial charge in [0.15, 0.2) is 11.5 Å². The number of para-hydroxylation sites is 1. The SMILES string of the molecule is CCOC(=O)C1=C(c2ccccc2)c2c(n(-c3ccccc3)c(=O)n3c(-c4cccs4)nnc23)NC1C. The van der Waals surface area contributed by atoms with Crippen molar-refractivity contribution in [3.05, 3.63) is 105 Å². The molecule has 0 bridgehead atoms. The molecule has 0 saturated heterocycles. The lowest BCUT2D eigenvalue weighted by Gasteiger charge is -2.31. The van der Waals surface area contributed by atoms with Gasteiger partial charge < -0.3 is 10.1 Å². The summed E-state index contributed by atoms with van der Waals surface area (Å²) in [7, 11) is 0. The van der Waals surface area contributed by atoms with E-state index in [1.165, 1.54) is 15.7 Å². The third-order valence-electron chi connectivity index (χ3n) is 6.35. The van der Waals surface area contributed by atoms with Crippen LogP contribution >= 0.6 is 11.3 Å². The maximum Gasteiger partial charge on any atom is 0.341 e. The van der Waals surface area contributed by atoms with Crippen molar-refractivity contribution in [3.8, 4) is 16.4 Å². The molecule has 5 aromatic rings. The van der Waals surface area contributed by atoms with Crippen LogP contribution in [0.1, 0.15) is 25.0 Å². The standard InChI is InChI=1S/C28H23N5O3S/c1-3-36-27(34)21-17(2)29-25-23(22(21)18-11-6-4-7-12-18)26-31-30-24(20-15-10-16-37-20)33(26)28(35)32(25)19-13-8-5-9-14-19/h4-17,29H,3H2,1-2H3. The first-order chi connectivity index (χ1) is 18.1. The molecule has 0 spiro atoms. The molecule has 0 saturated carbocycles. The third kappa shape index (κ3) is 3.66. The van der Waals surface area contributed by atoms with E-state index >= 15 is 0 Å². The van der Waals surface area contributed by atoms with Crippen molar-refractivity contribution in [2.24, 2.45) is 0 Å². The minimum absolute atomic E-state index is 0.246. The minimum Gasteiger partial charge on any atom is -0.463 e. The van der Waals surface area contributed by atoms with Crippen LogP contribution in [-0.2, 0) is 9.53 Å². The lowest BCUT2D eigenvalue weighted by molar-refractivity contribution is -0.138. The topological polar surface area (TPSA) is 90.5 Å². The van der Waals surface area contributed by atoms with Gasteiger partial charge in [-0.3, -0.25) is 0 Å². The Kier molecular flexibility index (Phi) is 5.69. The van der Waals surface area contributed by atoms with Crippen LogP contribution < -0.4 is 11.0 Å². The van der Waals surface area contributed by atoms with E-state index < -0.39 is 12.0 Å². The van der Waals surface area contributed by atoms with Crippen LogP contribution in [0.15, 0.2) is 88.5 Å². The Morgan fingerprint density at radius 3 is 2.43 bits per heavy atom. The molecule has 1 aliphatic heterocycles. The second-order valence-corrected chi connectivity index (χ2v) is 9.53. The molecule has 8 nitrogen and oxygen atoms in total. The molecule has 2 aromatic carbocycles. The summed E-state index contributed by atoms with van der Waals surface area (Å²) in [5, 5.41) is 14.3. The number of nitrogens with one attached hydrogen (secondary N) is 1. The number of carbonyl (C=O) groups is 1. The van der Waals surface area contributed by atoms with Crippen LogP contribution in [-0.4, -0.2) is 37.8 Å². The fourth-order valence-electron chi connectivity index (χ4n) is 4.81. The fourth-order valence-corrected chi connectivity index (χ4v) is 5.51. The summed E-state index contributed by atoms with van der Waals surface area (Å²) in [5.41, 5.74) is 3.33. The summed E-state index contributed by atoms with van der Waals surface area (Å²) >= 11 is 1.48. The molecule has 1 aliphatic rings. The molecule has 37 heavy (non-hydrogen) atoms. The molecule has 184 valence electrons. The molecule has 1 atom stereocenters. The van der Waals surface area contributed by atoms with Gasteiger partial charge in [0.1, 0.15) is 5.82 Å². The van der Waals surface area contributed by atoms with E-state index in [9.17, 15) is 9.59 Å². The number of esters is 1. The minimum atomic E-state index is -0.432. The molecule has 1 unspecified atom stereocenters. The number of fused-ring (bicyclic) bond motifs is 3. The van der Waals surface area contributed by atoms with Gasteiger partial charge in [0.2, 0.25) is 0 Å². The zero-order chi connectivity index (χ0) is 25.5. The van der Waals surface area contributed by atoms with Gasteiger partial charge in [-0.15, -0.1) is 21.5 Å². The smallest absolute Gasteiger partial charge is 0.341 e. The van der Waals surface area contributed by atoms with E-state index in [0.717, 1.165) is 10.4 Å². The number of hydrogen-bond acceptors (Lipinski definition) is 7. The molecule has 0 amide bonds. The molecular weight excluding hydrogens is 486 g/mol. The number of aromatic nitrogens is 4. The molecule has 1 N–H and O–H groups in total. The average Bonchev–Trinajstić information content (AvgIpc) is 3.60. The van der Waals surface area contributed by atoms with Crippen LogP contribution in [0, 0.1) is 0 Å². The largest absolute Gasteiger partial charge is 0.463 e. The van der Waals surface area contributed by atoms with Crippen LogP contribution in [0.2, 0.25) is 0 Å². The first-order valence-corrected chi connectivity index (χ1v) is 12.8. The molecule has 0 radical (unpaired) electrons. The third-order valence-corrected chi connectivity index (χ3v) is 7.21. The first kappa shape index (κ1) is 22.9. The highest BCUT2D eigenvalue weighted by molar-refractivity contribution is 7.13. The number of benzene rings is 2. The Morgan fingerprint density at radius 2 is 1.76 bits per heavy atom. The monoisotopic (exact) mass is 509 g/mol. The van der Waals surface area contributed by atoms with Gasteiger partial charge in [-0.1, -0.05) is 54.6 Å². The normalized spacial score (nSPS) is 14.9. The summed E-state index contributed by atoms with van der Waals surface area (Å²) < 4.78 is 8.64. The zero-order valence-corrected chi connectivity index (χ0v) is 21.0. The van der Waals surface area contributed by atoms with Crippen LogP contribution in [0.5, 0.6) is 0 Å². The summed E-state index contributed by atoms with van der Waals surface area (Å²) in [5.74, 6) is 0.583. The maximum atomic E-state index is 14.1. The number of anilines is 1. The lowest BCUT2D eigenvalue weighted by atomic mass is 9.87. The highest BCUT2D eigenvalue weighted by Crippen LogP contribution is 2.41. The van der Waals surface area contributed by atoms with Gasteiger partial charge in [-0.05, 0) is 43.0 Å². The van der Waals surface area contributed by atoms with Gasteiger partial charge in [0.25, 0.3) is 0 Å². The summed E-state index contributed by atoms with van der Waals surface area (Å²) in [6, 6.07) is 22.5. The average molecular weight is 510 g/mol. The molecule has 3 aromatic heterocycles. The zero-order valence-electron chi connectivity index (χ0n) is 20.2. The molecule has 6 rings (SSSR count). The van der Waals surface area contributed by atoms with Crippen molar-refractivity contribution in [2.75, 3.05) is 11.9 Å². The summed E-state index contributed by atoms with van der Waals surface area (Å²) in [4.78, 5) is 28.3. The highest BCUT2D eigenvalue weighted by atomic mass is 32.1. The van der Waals surface area contributed by atoms with Gasteiger partial charge in [-0.25, -0.2) is 18.6 Å². The second-order valence-electron chi connectivity index (χ2n) is 8.58. The first-order valence-electron chi connectivity index (χ1n) is 12.0. The van der Waals surface area contributed by atoms with Crippen LogP contribution in [0.25, 0.3) is 27.6 Å². The number of rotatable bonds is 5. The van der Waals surface area contributed by atoms with E-state index in [1.807, 2.05) is 85.1 Å². The number of ether oxygens (including phenoxy) is 1. The highest BCUT2D eigenvalue weighted by Gasteiger charge is 2.36. The van der Waals surface area contributed by atoms with Crippen LogP contribution in [0.4, 0.5) is 5.82 Å². The molecule has 9 heteroatoms. The van der Waals surface area contributed by atoms with E-state index in [1.54, 1.807) is 11.5 Å². The van der Waals surface area contributed by atoms with Crippen molar-refractivity contribution in [3.63, 3.8) is 0 Å². The number of hydrogen-bond donors (Lipinski definition) is 1. The van der Waals surface area contributed by atoms with Crippen LogP contribution in [0.3, 0.4) is 0 Å². The van der Waals surface area contributed by atoms with Crippen molar-refractivity contribution >= 4 is 34.3 Å². The maximum absolute atomic E-state index is 14.1. The van der Waals surface area contributed by atoms with Gasteiger partial charge in [0, 0.05) is 5.57 Å². The van der Waals surface area contributed by atoms with E-state index in [2.05, 4.69) is 15.5 Å². The lowest BCUT2D eigenvalue weighted by Crippen LogP contribution is -2.37. The van der Waals surface area contributed by atoms with E-state index in [4.69, 9.17) is 4.74 Å². The summed E-state index contributed by atoms with van der Waals surface area (Å²) in [6.07, 6.45) is 0. The van der Waals surface area contributed by atoms with Crippen molar-refractivity contribution in [1.82, 2.24) is 19.2 Å². The van der Waals surface area contributed by atoms with Crippen molar-refractivity contribution in [2.45, 2.75) is 19.9 Å². The van der Waals surface area contributed by atoms with Crippen molar-refractivity contribution < 1.29 is 9.53 Å². The fraction of sp³-hybridized carbons (Fsp3) is 0.143. The Labute approximate surface area is 216 Å². The molecular formula is C28H23N5O3S. The summed E-state index contributed by atoms with van der Waals surface area (Å²) in [6.45, 7) is 3.92. The molecule has 0 fully saturated rings. The molecule has 4 heterocycles. The van der Waals surface area contributed by atoms with E-state index in [0.29, 0.717) is 39.7 Å². The Balaban J connectivity index is 1.80. The number of nitrogens with zero attached hydrogens (tertiary/aromatic N) is 4. The number of thiophene rings is 1. The van der Waals surface area contributed by atoms with Gasteiger partial charge in [0.05, 0.1) is 34.3 Å². The Hall–Kier alpha value is -4.50. The molecule has 0 aliphatic carbocycles. The Morgan fingerprint density at radius 1 is 1.03 bits per heavy atom. The second kappa shape index (κ2) is 9.18. The van der Waals surface area contributed by atoms with Gasteiger partial charge >= 0.3 is 11.7 Å². The Bertz CT molecular complexity index is 1700. The van der Waals surface area contributed by atoms with E-state index in [-0.39, 0.29) is 12.3 Å². The predicted octanol–water partition coefficient (Wildman–Crippen LogP) is 4.79. The predicted molar refractivity (Wildman–Crippen MR) is 144 cm³/mol. The number of carbonyl (C=O) groups excluding carboxylic acids is 1. The van der Waals surface area contributed by atoms with Crippen molar-refractivity contribution in [1.29, 1.82) is 0 Å². The quantitative estimate of drug-likeness (QED) is 0.343. The van der Waals surface area contributed by atoms with Gasteiger partial charge in [-0.2, -0.15) is 0 Å².